The van der Waals surface area contributed by atoms with Gasteiger partial charge < -0.3 is 4.57 Å². The fourth-order valence-corrected chi connectivity index (χ4v) is 3.06. The topological polar surface area (TPSA) is 17.8 Å². The van der Waals surface area contributed by atoms with E-state index in [9.17, 15) is 0 Å². The highest BCUT2D eigenvalue weighted by Crippen LogP contribution is 2.21. The van der Waals surface area contributed by atoms with Crippen LogP contribution in [0, 0.1) is 0 Å². The molecular formula is C25H25BN2. The molecule has 4 aromatic rings. The van der Waals surface area contributed by atoms with Gasteiger partial charge in [-0.25, -0.2) is 4.98 Å². The van der Waals surface area contributed by atoms with Crippen LogP contribution < -0.4 is 0 Å². The Morgan fingerprint density at radius 1 is 0.786 bits per heavy atom. The second kappa shape index (κ2) is 10.7. The van der Waals surface area contributed by atoms with Crippen LogP contribution in [0.3, 0.4) is 0 Å². The van der Waals surface area contributed by atoms with Gasteiger partial charge >= 0.3 is 0 Å². The van der Waals surface area contributed by atoms with Gasteiger partial charge in [-0.15, -0.1) is 5.98 Å². The summed E-state index contributed by atoms with van der Waals surface area (Å²) in [5, 5.41) is 0. The smallest absolute Gasteiger partial charge is 0.130 e. The standard InChI is InChI=1S/C14H13B.C11H12N2/c15-11-14(12-7-3-1-4-8-12)13-9-5-2-6-10-13;1-2-4-11(5-3-1)6-8-13-9-7-12-10-13/h1-11H,15H2;1-5,7,9-10H,6,8H2. The molecule has 0 atom stereocenters. The number of hydrogen-bond donors (Lipinski definition) is 0. The summed E-state index contributed by atoms with van der Waals surface area (Å²) in [6.07, 6.45) is 6.72. The average Bonchev–Trinajstić information content (AvgIpc) is 3.29. The molecule has 4 rings (SSSR count). The van der Waals surface area contributed by atoms with Gasteiger partial charge in [0.15, 0.2) is 0 Å². The Labute approximate surface area is 168 Å². The van der Waals surface area contributed by atoms with E-state index in [2.05, 4.69) is 96.2 Å². The summed E-state index contributed by atoms with van der Waals surface area (Å²) in [5.74, 6) is 2.16. The molecule has 3 aromatic carbocycles. The Hall–Kier alpha value is -3.33. The molecule has 1 aromatic heterocycles. The van der Waals surface area contributed by atoms with E-state index < -0.39 is 0 Å². The van der Waals surface area contributed by atoms with E-state index in [1.165, 1.54) is 22.3 Å². The number of hydrogen-bond acceptors (Lipinski definition) is 1. The van der Waals surface area contributed by atoms with Crippen molar-refractivity contribution in [3.8, 4) is 0 Å². The molecule has 0 bridgehead atoms. The normalized spacial score (nSPS) is 9.86. The van der Waals surface area contributed by atoms with E-state index in [-0.39, 0.29) is 0 Å². The van der Waals surface area contributed by atoms with E-state index >= 15 is 0 Å². The van der Waals surface area contributed by atoms with Gasteiger partial charge in [-0.1, -0.05) is 91.0 Å². The quantitative estimate of drug-likeness (QED) is 0.464. The molecule has 0 spiro atoms. The van der Waals surface area contributed by atoms with E-state index in [1.807, 2.05) is 36.9 Å². The van der Waals surface area contributed by atoms with Crippen LogP contribution in [-0.4, -0.2) is 17.4 Å². The monoisotopic (exact) mass is 364 g/mol. The SMILES string of the molecule is BC=C(c1ccccc1)c1ccccc1.c1ccc(CCn2ccnc2)cc1. The van der Waals surface area contributed by atoms with E-state index in [1.54, 1.807) is 0 Å². The van der Waals surface area contributed by atoms with Crippen LogP contribution in [0.4, 0.5) is 0 Å². The summed E-state index contributed by atoms with van der Waals surface area (Å²) < 4.78 is 2.09. The minimum atomic E-state index is 1.00. The molecule has 0 saturated carbocycles. The third kappa shape index (κ3) is 5.85. The van der Waals surface area contributed by atoms with E-state index in [4.69, 9.17) is 0 Å². The molecule has 1 heterocycles. The third-order valence-corrected chi connectivity index (χ3v) is 4.52. The Kier molecular flexibility index (Phi) is 7.45. The van der Waals surface area contributed by atoms with Crippen LogP contribution in [-0.2, 0) is 13.0 Å². The molecule has 2 nitrogen and oxygen atoms in total. The molecule has 28 heavy (non-hydrogen) atoms. The van der Waals surface area contributed by atoms with Crippen molar-refractivity contribution in [2.24, 2.45) is 0 Å². The van der Waals surface area contributed by atoms with Crippen molar-refractivity contribution in [2.75, 3.05) is 0 Å². The van der Waals surface area contributed by atoms with Gasteiger partial charge in [0.05, 0.1) is 6.33 Å². The molecule has 0 unspecified atom stereocenters. The first-order chi connectivity index (χ1) is 13.9. The first kappa shape index (κ1) is 19.4. The average molecular weight is 364 g/mol. The maximum Gasteiger partial charge on any atom is 0.130 e. The molecule has 0 aliphatic heterocycles. The zero-order valence-corrected chi connectivity index (χ0v) is 16.3. The Balaban J connectivity index is 0.000000162. The highest BCUT2D eigenvalue weighted by Gasteiger charge is 2.01. The summed E-state index contributed by atoms with van der Waals surface area (Å²) in [5.41, 5.74) is 5.20. The fourth-order valence-electron chi connectivity index (χ4n) is 3.06. The van der Waals surface area contributed by atoms with Gasteiger partial charge in [0.25, 0.3) is 0 Å². The fraction of sp³-hybridized carbons (Fsp3) is 0.0800. The van der Waals surface area contributed by atoms with Crippen LogP contribution in [0.5, 0.6) is 0 Å². The zero-order valence-electron chi connectivity index (χ0n) is 16.3. The minimum Gasteiger partial charge on any atom is -0.337 e. The molecule has 0 amide bonds. The summed E-state index contributed by atoms with van der Waals surface area (Å²) in [7, 11) is 2.08. The van der Waals surface area contributed by atoms with Crippen molar-refractivity contribution >= 4 is 13.4 Å². The first-order valence-corrected chi connectivity index (χ1v) is 9.63. The second-order valence-corrected chi connectivity index (χ2v) is 6.47. The van der Waals surface area contributed by atoms with Crippen molar-refractivity contribution in [1.82, 2.24) is 9.55 Å². The summed E-state index contributed by atoms with van der Waals surface area (Å²) in [4.78, 5) is 4.00. The van der Waals surface area contributed by atoms with Gasteiger partial charge in [0.2, 0.25) is 0 Å². The van der Waals surface area contributed by atoms with Crippen LogP contribution >= 0.6 is 0 Å². The molecule has 0 saturated heterocycles. The molecule has 0 aliphatic rings. The summed E-state index contributed by atoms with van der Waals surface area (Å²) >= 11 is 0. The minimum absolute atomic E-state index is 1.00. The van der Waals surface area contributed by atoms with Gasteiger partial charge in [0, 0.05) is 18.9 Å². The molecule has 0 fully saturated rings. The Bertz CT molecular complexity index is 906. The molecule has 138 valence electrons. The van der Waals surface area contributed by atoms with Crippen molar-refractivity contribution < 1.29 is 0 Å². The van der Waals surface area contributed by atoms with E-state index in [0.717, 1.165) is 13.0 Å². The lowest BCUT2D eigenvalue weighted by molar-refractivity contribution is 0.696. The number of rotatable bonds is 5. The number of aryl methyl sites for hydroxylation is 2. The highest BCUT2D eigenvalue weighted by atomic mass is 15.0. The summed E-state index contributed by atoms with van der Waals surface area (Å²) in [6, 6.07) is 31.4. The largest absolute Gasteiger partial charge is 0.337 e. The van der Waals surface area contributed by atoms with Crippen LogP contribution in [0.25, 0.3) is 5.57 Å². The second-order valence-electron chi connectivity index (χ2n) is 6.47. The number of benzene rings is 3. The first-order valence-electron chi connectivity index (χ1n) is 9.63. The van der Waals surface area contributed by atoms with Gasteiger partial charge in [-0.3, -0.25) is 0 Å². The lowest BCUT2D eigenvalue weighted by Crippen LogP contribution is -1.97. The van der Waals surface area contributed by atoms with Crippen LogP contribution in [0.1, 0.15) is 16.7 Å². The van der Waals surface area contributed by atoms with E-state index in [0.29, 0.717) is 0 Å². The maximum absolute atomic E-state index is 4.00. The van der Waals surface area contributed by atoms with Crippen molar-refractivity contribution in [3.05, 3.63) is 132 Å². The lowest BCUT2D eigenvalue weighted by atomic mass is 9.92. The van der Waals surface area contributed by atoms with Gasteiger partial charge in [0.1, 0.15) is 7.85 Å². The van der Waals surface area contributed by atoms with Crippen molar-refractivity contribution in [3.63, 3.8) is 0 Å². The Morgan fingerprint density at radius 2 is 1.32 bits per heavy atom. The van der Waals surface area contributed by atoms with Crippen molar-refractivity contribution in [1.29, 1.82) is 0 Å². The molecule has 3 heteroatoms. The third-order valence-electron chi connectivity index (χ3n) is 4.52. The number of nitrogens with zero attached hydrogens (tertiary/aromatic N) is 2. The van der Waals surface area contributed by atoms with Crippen LogP contribution in [0.15, 0.2) is 116 Å². The maximum atomic E-state index is 4.00. The van der Waals surface area contributed by atoms with Gasteiger partial charge in [-0.05, 0) is 28.7 Å². The molecule has 0 aliphatic carbocycles. The number of aromatic nitrogens is 2. The lowest BCUT2D eigenvalue weighted by Gasteiger charge is -2.07. The molecular weight excluding hydrogens is 339 g/mol. The Morgan fingerprint density at radius 3 is 1.79 bits per heavy atom. The summed E-state index contributed by atoms with van der Waals surface area (Å²) in [6.45, 7) is 1.00. The van der Waals surface area contributed by atoms with Gasteiger partial charge in [-0.2, -0.15) is 0 Å². The predicted molar refractivity (Wildman–Crippen MR) is 121 cm³/mol. The predicted octanol–water partition coefficient (Wildman–Crippen LogP) is 4.83. The number of imidazole rings is 1. The molecule has 0 N–H and O–H groups in total. The molecule has 0 radical (unpaired) electrons. The zero-order chi connectivity index (χ0) is 19.4. The highest BCUT2D eigenvalue weighted by molar-refractivity contribution is 6.21. The van der Waals surface area contributed by atoms with Crippen LogP contribution in [0.2, 0.25) is 0 Å². The van der Waals surface area contributed by atoms with Crippen molar-refractivity contribution in [2.45, 2.75) is 13.0 Å².